The number of fused-ring (bicyclic) bond motifs is 3. The number of nitriles is 1. The molecule has 3 aliphatic carbocycles. The van der Waals surface area contributed by atoms with Crippen molar-refractivity contribution in [3.05, 3.63) is 33.8 Å². The molecule has 0 aromatic heterocycles. The maximum atomic E-state index is 13.6. The van der Waals surface area contributed by atoms with Crippen molar-refractivity contribution < 1.29 is 18.7 Å². The Labute approximate surface area is 197 Å². The van der Waals surface area contributed by atoms with E-state index in [2.05, 4.69) is 5.32 Å². The third-order valence-electron chi connectivity index (χ3n) is 7.42. The summed E-state index contributed by atoms with van der Waals surface area (Å²) in [6, 6.07) is 6.49. The van der Waals surface area contributed by atoms with Crippen LogP contribution in [0, 0.1) is 16.7 Å². The number of nitrogens with one attached hydrogen (secondary N) is 1. The SMILES string of the molecule is N#CC1CC(F)CN1C(=O)CNC12CCC(C(=O)OCc3c(Cl)cccc3Cl)(CC1)CC2. The molecule has 0 radical (unpaired) electrons. The van der Waals surface area contributed by atoms with Crippen LogP contribution in [0.5, 0.6) is 0 Å². The maximum Gasteiger partial charge on any atom is 0.312 e. The number of carbonyl (C=O) groups is 2. The zero-order chi connectivity index (χ0) is 22.9. The number of alkyl halides is 1. The molecule has 5 rings (SSSR count). The smallest absolute Gasteiger partial charge is 0.312 e. The van der Waals surface area contributed by atoms with E-state index in [9.17, 15) is 14.0 Å². The zero-order valence-electron chi connectivity index (χ0n) is 17.7. The summed E-state index contributed by atoms with van der Waals surface area (Å²) in [7, 11) is 0. The third-order valence-corrected chi connectivity index (χ3v) is 8.13. The molecule has 6 nitrogen and oxygen atoms in total. The predicted octanol–water partition coefficient (Wildman–Crippen LogP) is 4.18. The van der Waals surface area contributed by atoms with Crippen LogP contribution in [0.3, 0.4) is 0 Å². The minimum absolute atomic E-state index is 0.0177. The lowest BCUT2D eigenvalue weighted by atomic mass is 9.57. The van der Waals surface area contributed by atoms with Crippen molar-refractivity contribution in [2.75, 3.05) is 13.1 Å². The molecule has 0 spiro atoms. The van der Waals surface area contributed by atoms with Crippen LogP contribution in [0.15, 0.2) is 18.2 Å². The molecule has 1 saturated heterocycles. The second kappa shape index (κ2) is 9.17. The molecule has 9 heteroatoms. The molecule has 1 heterocycles. The zero-order valence-corrected chi connectivity index (χ0v) is 19.2. The summed E-state index contributed by atoms with van der Waals surface area (Å²) in [4.78, 5) is 26.9. The van der Waals surface area contributed by atoms with Crippen LogP contribution >= 0.6 is 23.2 Å². The fourth-order valence-corrected chi connectivity index (χ4v) is 5.77. The van der Waals surface area contributed by atoms with E-state index in [-0.39, 0.29) is 43.5 Å². The highest BCUT2D eigenvalue weighted by Gasteiger charge is 2.53. The Morgan fingerprint density at radius 3 is 2.41 bits per heavy atom. The second-order valence-electron chi connectivity index (χ2n) is 9.21. The normalized spacial score (nSPS) is 31.4. The number of nitrogens with zero attached hydrogens (tertiary/aromatic N) is 2. The van der Waals surface area contributed by atoms with Crippen molar-refractivity contribution in [2.45, 2.75) is 69.3 Å². The van der Waals surface area contributed by atoms with Gasteiger partial charge in [0.15, 0.2) is 0 Å². The predicted molar refractivity (Wildman–Crippen MR) is 118 cm³/mol. The van der Waals surface area contributed by atoms with E-state index in [4.69, 9.17) is 33.2 Å². The summed E-state index contributed by atoms with van der Waals surface area (Å²) >= 11 is 12.3. The average Bonchev–Trinajstić information content (AvgIpc) is 3.19. The Morgan fingerprint density at radius 2 is 1.81 bits per heavy atom. The van der Waals surface area contributed by atoms with Gasteiger partial charge >= 0.3 is 5.97 Å². The van der Waals surface area contributed by atoms with Gasteiger partial charge in [0.25, 0.3) is 0 Å². The number of carbonyl (C=O) groups excluding carboxylic acids is 2. The number of rotatable bonds is 6. The van der Waals surface area contributed by atoms with Gasteiger partial charge in [0.2, 0.25) is 5.91 Å². The minimum Gasteiger partial charge on any atom is -0.460 e. The van der Waals surface area contributed by atoms with Gasteiger partial charge in [0.1, 0.15) is 18.8 Å². The second-order valence-corrected chi connectivity index (χ2v) is 10.0. The Hall–Kier alpha value is -1.88. The number of esters is 1. The summed E-state index contributed by atoms with van der Waals surface area (Å²) in [5.74, 6) is -0.467. The Morgan fingerprint density at radius 1 is 1.19 bits per heavy atom. The number of hydrogen-bond donors (Lipinski definition) is 1. The first-order chi connectivity index (χ1) is 15.3. The van der Waals surface area contributed by atoms with Gasteiger partial charge in [-0.25, -0.2) is 4.39 Å². The highest BCUT2D eigenvalue weighted by atomic mass is 35.5. The van der Waals surface area contributed by atoms with Gasteiger partial charge in [-0.3, -0.25) is 9.59 Å². The van der Waals surface area contributed by atoms with Crippen LogP contribution in [-0.2, 0) is 20.9 Å². The number of amides is 1. The van der Waals surface area contributed by atoms with E-state index in [1.54, 1.807) is 18.2 Å². The highest BCUT2D eigenvalue weighted by molar-refractivity contribution is 6.35. The molecule has 32 heavy (non-hydrogen) atoms. The van der Waals surface area contributed by atoms with Crippen molar-refractivity contribution in [1.29, 1.82) is 5.26 Å². The average molecular weight is 482 g/mol. The summed E-state index contributed by atoms with van der Waals surface area (Å²) in [5.41, 5.74) is -0.112. The van der Waals surface area contributed by atoms with Gasteiger partial charge in [0.05, 0.1) is 24.6 Å². The summed E-state index contributed by atoms with van der Waals surface area (Å²) < 4.78 is 19.2. The van der Waals surface area contributed by atoms with E-state index >= 15 is 0 Å². The van der Waals surface area contributed by atoms with E-state index in [0.717, 1.165) is 19.3 Å². The molecule has 3 saturated carbocycles. The van der Waals surface area contributed by atoms with E-state index in [1.807, 2.05) is 6.07 Å². The van der Waals surface area contributed by atoms with Crippen LogP contribution in [-0.4, -0.2) is 47.6 Å². The molecule has 172 valence electrons. The summed E-state index contributed by atoms with van der Waals surface area (Å²) in [5, 5.41) is 13.5. The first-order valence-electron chi connectivity index (χ1n) is 11.0. The van der Waals surface area contributed by atoms with Gasteiger partial charge in [-0.05, 0) is 50.7 Å². The van der Waals surface area contributed by atoms with E-state index < -0.39 is 17.6 Å². The molecule has 2 bridgehead atoms. The summed E-state index contributed by atoms with van der Waals surface area (Å²) in [6.45, 7) is 0.103. The van der Waals surface area contributed by atoms with Gasteiger partial charge in [-0.2, -0.15) is 5.26 Å². The molecule has 1 aliphatic heterocycles. The van der Waals surface area contributed by atoms with Crippen molar-refractivity contribution in [3.8, 4) is 6.07 Å². The van der Waals surface area contributed by atoms with Crippen LogP contribution in [0.2, 0.25) is 10.0 Å². The fourth-order valence-electron chi connectivity index (χ4n) is 5.27. The topological polar surface area (TPSA) is 82.4 Å². The molecule has 4 fully saturated rings. The number of benzene rings is 1. The van der Waals surface area contributed by atoms with Crippen molar-refractivity contribution in [1.82, 2.24) is 10.2 Å². The first-order valence-corrected chi connectivity index (χ1v) is 11.7. The van der Waals surface area contributed by atoms with E-state index in [0.29, 0.717) is 34.9 Å². The van der Waals surface area contributed by atoms with Gasteiger partial charge in [0, 0.05) is 27.6 Å². The quantitative estimate of drug-likeness (QED) is 0.616. The van der Waals surface area contributed by atoms with E-state index in [1.165, 1.54) is 4.90 Å². The van der Waals surface area contributed by atoms with Crippen LogP contribution < -0.4 is 5.32 Å². The van der Waals surface area contributed by atoms with Crippen molar-refractivity contribution in [2.24, 2.45) is 5.41 Å². The molecule has 1 aromatic rings. The molecule has 2 atom stereocenters. The molecule has 1 aromatic carbocycles. The van der Waals surface area contributed by atoms with Gasteiger partial charge in [-0.15, -0.1) is 0 Å². The number of halogens is 3. The molecule has 2 unspecified atom stereocenters. The van der Waals surface area contributed by atoms with Crippen LogP contribution in [0.4, 0.5) is 4.39 Å². The summed E-state index contributed by atoms with van der Waals surface area (Å²) in [6.07, 6.45) is 3.26. The lowest BCUT2D eigenvalue weighted by Gasteiger charge is -2.52. The Balaban J connectivity index is 1.30. The number of hydrogen-bond acceptors (Lipinski definition) is 5. The Kier molecular flexibility index (Phi) is 6.67. The molecular formula is C23H26Cl2FN3O3. The monoisotopic (exact) mass is 481 g/mol. The lowest BCUT2D eigenvalue weighted by Crippen LogP contribution is -2.58. The van der Waals surface area contributed by atoms with Crippen molar-refractivity contribution in [3.63, 3.8) is 0 Å². The number of likely N-dealkylation sites (tertiary alicyclic amines) is 1. The highest BCUT2D eigenvalue weighted by Crippen LogP contribution is 2.53. The first kappa shape index (κ1) is 23.3. The van der Waals surface area contributed by atoms with Crippen LogP contribution in [0.1, 0.15) is 50.5 Å². The largest absolute Gasteiger partial charge is 0.460 e. The molecular weight excluding hydrogens is 456 g/mol. The fraction of sp³-hybridized carbons (Fsp3) is 0.609. The maximum absolute atomic E-state index is 13.6. The molecule has 4 aliphatic rings. The standard InChI is InChI=1S/C23H26Cl2FN3O3/c24-18-2-1-3-19(25)17(18)14-32-21(31)22-4-7-23(8-5-22,9-6-22)28-12-20(30)29-13-15(26)10-16(29)11-27/h1-3,15-16,28H,4-10,12-14H2. The minimum atomic E-state index is -1.14. The lowest BCUT2D eigenvalue weighted by molar-refractivity contribution is -0.165. The number of ether oxygens (including phenoxy) is 1. The van der Waals surface area contributed by atoms with Crippen LogP contribution in [0.25, 0.3) is 0 Å². The third kappa shape index (κ3) is 4.46. The molecule has 1 N–H and O–H groups in total. The van der Waals surface area contributed by atoms with Gasteiger partial charge < -0.3 is 15.0 Å². The van der Waals surface area contributed by atoms with Gasteiger partial charge in [-0.1, -0.05) is 29.3 Å². The molecule has 1 amide bonds. The van der Waals surface area contributed by atoms with Crippen molar-refractivity contribution >= 4 is 35.1 Å². The Bertz CT molecular complexity index is 906.